The first kappa shape index (κ1) is 36.0. The van der Waals surface area contributed by atoms with Gasteiger partial charge in [0.2, 0.25) is 0 Å². The monoisotopic (exact) mass is 778 g/mol. The molecule has 0 saturated heterocycles. The van der Waals surface area contributed by atoms with E-state index >= 15 is 0 Å². The van der Waals surface area contributed by atoms with E-state index in [9.17, 15) is 0 Å². The summed E-state index contributed by atoms with van der Waals surface area (Å²) in [6.45, 7) is 16.5. The Morgan fingerprint density at radius 1 is 0.491 bits per heavy atom. The topological polar surface area (TPSA) is 57.4 Å². The van der Waals surface area contributed by atoms with Crippen LogP contribution in [0.2, 0.25) is 0 Å². The summed E-state index contributed by atoms with van der Waals surface area (Å²) in [5, 5.41) is 0. The number of hydrogen-bond donors (Lipinski definition) is 2. The molecule has 0 fully saturated rings. The lowest BCUT2D eigenvalue weighted by Crippen LogP contribution is -2.24. The van der Waals surface area contributed by atoms with E-state index in [0.717, 1.165) is 102 Å². The Morgan fingerprint density at radius 2 is 0.836 bits per heavy atom. The molecule has 3 aromatic carbocycles. The number of nitrogens with zero attached hydrogens (tertiary/aromatic N) is 2. The lowest BCUT2D eigenvalue weighted by molar-refractivity contribution is 0.442. The van der Waals surface area contributed by atoms with Crippen molar-refractivity contribution in [3.63, 3.8) is 0 Å². The molecule has 5 heterocycles. The second-order valence-corrected chi connectivity index (χ2v) is 15.3. The van der Waals surface area contributed by atoms with Crippen LogP contribution in [0.1, 0.15) is 58.7 Å². The van der Waals surface area contributed by atoms with E-state index in [-0.39, 0.29) is 5.41 Å². The van der Waals surface area contributed by atoms with Gasteiger partial charge in [0.1, 0.15) is 0 Å². The van der Waals surface area contributed by atoms with Crippen LogP contribution in [0.15, 0.2) is 139 Å². The van der Waals surface area contributed by atoms with Gasteiger partial charge in [-0.2, -0.15) is 0 Å². The Morgan fingerprint density at radius 3 is 1.24 bits per heavy atom. The highest BCUT2D eigenvalue weighted by Crippen LogP contribution is 2.40. The molecule has 8 bridgehead atoms. The van der Waals surface area contributed by atoms with Crippen LogP contribution in [0.5, 0.6) is 0 Å². The summed E-state index contributed by atoms with van der Waals surface area (Å²) in [7, 11) is 0. The van der Waals surface area contributed by atoms with Crippen molar-refractivity contribution in [3.05, 3.63) is 179 Å². The van der Waals surface area contributed by atoms with Crippen molar-refractivity contribution in [3.8, 4) is 33.4 Å². The van der Waals surface area contributed by atoms with Gasteiger partial charge in [-0.1, -0.05) is 102 Å². The number of rotatable bonds is 10. The predicted molar refractivity (Wildman–Crippen MR) is 238 cm³/mol. The van der Waals surface area contributed by atoms with Gasteiger partial charge < -0.3 is 9.97 Å². The van der Waals surface area contributed by atoms with Crippen LogP contribution in [0.25, 0.3) is 79.8 Å². The summed E-state index contributed by atoms with van der Waals surface area (Å²) in [6.07, 6.45) is 16.8. The number of hydrogen-bond acceptors (Lipinski definition) is 2. The van der Waals surface area contributed by atoms with Gasteiger partial charge in [0.05, 0.1) is 27.2 Å². The first-order chi connectivity index (χ1) is 26.8. The number of aromatic nitrogens is 4. The largest absolute Gasteiger partial charge is 0.354 e. The third kappa shape index (κ3) is 6.81. The zero-order valence-electron chi connectivity index (χ0n) is 31.3. The van der Waals surface area contributed by atoms with E-state index in [1.165, 1.54) is 16.7 Å². The van der Waals surface area contributed by atoms with E-state index in [4.69, 9.17) is 9.97 Å². The first-order valence-corrected chi connectivity index (χ1v) is 19.5. The van der Waals surface area contributed by atoms with Crippen molar-refractivity contribution in [1.82, 2.24) is 19.9 Å². The molecule has 0 amide bonds. The number of nitrogens with one attached hydrogen (secondary N) is 2. The van der Waals surface area contributed by atoms with Gasteiger partial charge >= 0.3 is 0 Å². The van der Waals surface area contributed by atoms with E-state index in [1.807, 2.05) is 18.2 Å². The number of allylic oxidation sites excluding steroid dienone is 3. The molecule has 8 rings (SSSR count). The summed E-state index contributed by atoms with van der Waals surface area (Å²) < 4.78 is 0.848. The minimum atomic E-state index is -0.146. The van der Waals surface area contributed by atoms with Gasteiger partial charge in [0.15, 0.2) is 0 Å². The lowest BCUT2D eigenvalue weighted by Gasteiger charge is -2.32. The number of aromatic amines is 2. The van der Waals surface area contributed by atoms with Gasteiger partial charge in [-0.25, -0.2) is 9.97 Å². The summed E-state index contributed by atoms with van der Waals surface area (Å²) >= 11 is 3.89. The number of H-pyrrole nitrogens is 2. The highest BCUT2D eigenvalue weighted by atomic mass is 79.9. The highest BCUT2D eigenvalue weighted by Gasteiger charge is 2.28. The molecule has 2 N–H and O–H groups in total. The van der Waals surface area contributed by atoms with Crippen LogP contribution in [-0.2, 0) is 5.41 Å². The molecule has 5 heteroatoms. The predicted octanol–water partition coefficient (Wildman–Crippen LogP) is 14.0. The molecular weight excluding hydrogens is 736 g/mol. The summed E-state index contributed by atoms with van der Waals surface area (Å²) in [5.41, 5.74) is 17.3. The van der Waals surface area contributed by atoms with E-state index in [2.05, 4.69) is 181 Å². The molecule has 4 nitrogen and oxygen atoms in total. The Labute approximate surface area is 331 Å². The van der Waals surface area contributed by atoms with Crippen molar-refractivity contribution in [2.75, 3.05) is 0 Å². The smallest absolute Gasteiger partial charge is 0.0801 e. The fraction of sp³-hybridized carbons (Fsp3) is 0.120. The second-order valence-electron chi connectivity index (χ2n) is 14.5. The molecule has 3 aromatic heterocycles. The quantitative estimate of drug-likeness (QED) is 0.136. The first-order valence-electron chi connectivity index (χ1n) is 18.7. The molecule has 55 heavy (non-hydrogen) atoms. The molecule has 0 saturated carbocycles. The number of halogens is 1. The Kier molecular flexibility index (Phi) is 9.81. The fourth-order valence-electron chi connectivity index (χ4n) is 7.95. The Balaban J connectivity index is 1.47. The van der Waals surface area contributed by atoms with Crippen molar-refractivity contribution < 1.29 is 0 Å². The number of aryl methyl sites for hydroxylation is 2. The fourth-order valence-corrected chi connectivity index (χ4v) is 8.40. The normalized spacial score (nSPS) is 12.2. The van der Waals surface area contributed by atoms with Gasteiger partial charge in [-0.3, -0.25) is 0 Å². The Bertz CT molecular complexity index is 2510. The van der Waals surface area contributed by atoms with Crippen molar-refractivity contribution in [2.24, 2.45) is 0 Å². The minimum absolute atomic E-state index is 0.146. The van der Waals surface area contributed by atoms with E-state index < -0.39 is 0 Å². The van der Waals surface area contributed by atoms with Crippen LogP contribution < -0.4 is 0 Å². The summed E-state index contributed by atoms with van der Waals surface area (Å²) in [5.74, 6) is 0. The molecular formula is C50H43BrN4. The van der Waals surface area contributed by atoms with Gasteiger partial charge in [0, 0.05) is 44.2 Å². The van der Waals surface area contributed by atoms with Crippen molar-refractivity contribution in [1.29, 1.82) is 0 Å². The second kappa shape index (κ2) is 15.0. The average Bonchev–Trinajstić information content (AvgIpc) is 4.03. The lowest BCUT2D eigenvalue weighted by atomic mass is 9.72. The van der Waals surface area contributed by atoms with Crippen molar-refractivity contribution >= 4 is 62.3 Å². The number of benzene rings is 3. The maximum atomic E-state index is 5.20. The zero-order chi connectivity index (χ0) is 38.1. The van der Waals surface area contributed by atoms with E-state index in [0.29, 0.717) is 0 Å². The van der Waals surface area contributed by atoms with Crippen LogP contribution in [0.3, 0.4) is 0 Å². The summed E-state index contributed by atoms with van der Waals surface area (Å²) in [6, 6.07) is 35.0. The van der Waals surface area contributed by atoms with Gasteiger partial charge in [0.25, 0.3) is 0 Å². The maximum absolute atomic E-state index is 5.20. The molecule has 0 atom stereocenters. The minimum Gasteiger partial charge on any atom is -0.354 e. The van der Waals surface area contributed by atoms with Crippen LogP contribution in [0, 0.1) is 13.8 Å². The average molecular weight is 780 g/mol. The van der Waals surface area contributed by atoms with Gasteiger partial charge in [-0.05, 0) is 120 Å². The van der Waals surface area contributed by atoms with Gasteiger partial charge in [-0.15, -0.1) is 19.7 Å². The highest BCUT2D eigenvalue weighted by molar-refractivity contribution is 9.10. The van der Waals surface area contributed by atoms with Crippen molar-refractivity contribution in [2.45, 2.75) is 38.5 Å². The van der Waals surface area contributed by atoms with E-state index in [1.54, 1.807) is 0 Å². The molecule has 270 valence electrons. The third-order valence-electron chi connectivity index (χ3n) is 10.8. The van der Waals surface area contributed by atoms with Crippen LogP contribution >= 0.6 is 15.9 Å². The number of fused-ring (bicyclic) bond motifs is 8. The molecule has 0 aliphatic carbocycles. The SMILES string of the molecule is C=CCC(CC=C)(CC=C)c1ccc(-c2c3ccc([nH]3)c(-c3ccc(C)cc3)c3nc(c(Br)c4nc(c(-c5ccc(C)cc5)c5ccc2[nH]5)C=C4)C=C3)cc1. The molecule has 2 aliphatic heterocycles. The third-order valence-corrected chi connectivity index (χ3v) is 11.6. The van der Waals surface area contributed by atoms with Crippen LogP contribution in [-0.4, -0.2) is 19.9 Å². The standard InChI is InChI=1S/C50H43BrN4/c1-6-29-50(30-7-2,31-8-3)37-19-17-36(18-20-37)48-40-23-21-38(52-40)46(34-13-9-32(4)10-14-34)42-25-27-44(54-42)49(51)45-28-26-43(55-45)47(39-22-24-41(48)53-39)35-15-11-33(5)12-16-35/h6-28,52-53H,1-3,29-31H2,4-5H3. The molecule has 2 aliphatic rings. The van der Waals surface area contributed by atoms with Crippen LogP contribution in [0.4, 0.5) is 0 Å². The molecule has 6 aromatic rings. The molecule has 0 radical (unpaired) electrons. The Hall–Kier alpha value is -6.04. The molecule has 0 unspecified atom stereocenters. The summed E-state index contributed by atoms with van der Waals surface area (Å²) in [4.78, 5) is 18.1. The molecule has 0 spiro atoms. The zero-order valence-corrected chi connectivity index (χ0v) is 32.9. The maximum Gasteiger partial charge on any atom is 0.0801 e.